The third-order valence-electron chi connectivity index (χ3n) is 4.85. The Labute approximate surface area is 158 Å². The van der Waals surface area contributed by atoms with E-state index in [1.165, 1.54) is 4.90 Å². The summed E-state index contributed by atoms with van der Waals surface area (Å²) in [5, 5.41) is 2.29. The average molecular weight is 373 g/mol. The van der Waals surface area contributed by atoms with Crippen LogP contribution in [0.15, 0.2) is 35.3 Å². The number of benzene rings is 1. The van der Waals surface area contributed by atoms with Crippen molar-refractivity contribution in [3.8, 4) is 0 Å². The van der Waals surface area contributed by atoms with E-state index in [1.807, 2.05) is 6.92 Å². The summed E-state index contributed by atoms with van der Waals surface area (Å²) in [6, 6.07) is 7.87. The maximum atomic E-state index is 13.0. The van der Waals surface area contributed by atoms with Gasteiger partial charge in [0.25, 0.3) is 5.91 Å². The van der Waals surface area contributed by atoms with Crippen molar-refractivity contribution in [1.29, 1.82) is 0 Å². The number of quaternary nitrogens is 1. The van der Waals surface area contributed by atoms with Gasteiger partial charge in [-0.2, -0.15) is 0 Å². The van der Waals surface area contributed by atoms with Crippen LogP contribution in [0.3, 0.4) is 0 Å². The van der Waals surface area contributed by atoms with E-state index in [2.05, 4.69) is 10.3 Å². The molecule has 2 fully saturated rings. The number of carbonyl (C=O) groups is 3. The molecule has 27 heavy (non-hydrogen) atoms. The van der Waals surface area contributed by atoms with Gasteiger partial charge in [0.2, 0.25) is 5.91 Å². The van der Waals surface area contributed by atoms with Gasteiger partial charge in [0.15, 0.2) is 5.92 Å². The molecule has 0 spiro atoms. The van der Waals surface area contributed by atoms with E-state index in [1.54, 1.807) is 30.3 Å². The second kappa shape index (κ2) is 8.88. The topological polar surface area (TPSA) is 92.5 Å². The van der Waals surface area contributed by atoms with Gasteiger partial charge in [-0.05, 0) is 18.6 Å². The van der Waals surface area contributed by atoms with E-state index in [9.17, 15) is 14.4 Å². The van der Waals surface area contributed by atoms with Crippen LogP contribution < -0.4 is 15.1 Å². The number of carbonyl (C=O) groups excluding carboxylic acids is 3. The van der Waals surface area contributed by atoms with Gasteiger partial charge in [-0.1, -0.05) is 25.1 Å². The first-order chi connectivity index (χ1) is 13.1. The van der Waals surface area contributed by atoms with Crippen molar-refractivity contribution in [3.63, 3.8) is 0 Å². The summed E-state index contributed by atoms with van der Waals surface area (Å²) in [5.41, 5.74) is 0.948. The maximum Gasteiger partial charge on any atom is 0.335 e. The molecule has 2 heterocycles. The molecule has 3 rings (SSSR count). The van der Waals surface area contributed by atoms with Crippen LogP contribution in [0.25, 0.3) is 0 Å². The Morgan fingerprint density at radius 3 is 2.59 bits per heavy atom. The minimum Gasteiger partial charge on any atom is -0.370 e. The summed E-state index contributed by atoms with van der Waals surface area (Å²) < 4.78 is 5.34. The molecule has 1 aromatic carbocycles. The fourth-order valence-electron chi connectivity index (χ4n) is 3.37. The van der Waals surface area contributed by atoms with Crippen molar-refractivity contribution >= 4 is 29.2 Å². The molecule has 8 nitrogen and oxygen atoms in total. The van der Waals surface area contributed by atoms with Crippen LogP contribution in [-0.2, 0) is 14.3 Å². The summed E-state index contributed by atoms with van der Waals surface area (Å²) in [7, 11) is 0. The van der Waals surface area contributed by atoms with Crippen LogP contribution in [0.4, 0.5) is 10.5 Å². The summed E-state index contributed by atoms with van der Waals surface area (Å²) in [6.07, 6.45) is 0.471. The van der Waals surface area contributed by atoms with Crippen molar-refractivity contribution < 1.29 is 24.0 Å². The van der Waals surface area contributed by atoms with Gasteiger partial charge in [0.05, 0.1) is 32.0 Å². The summed E-state index contributed by atoms with van der Waals surface area (Å²) >= 11 is 0. The second-order valence-corrected chi connectivity index (χ2v) is 6.58. The normalized spacial score (nSPS) is 22.1. The predicted octanol–water partition coefficient (Wildman–Crippen LogP) is -0.348. The summed E-state index contributed by atoms with van der Waals surface area (Å²) in [6.45, 7) is 6.61. The Morgan fingerprint density at radius 1 is 1.22 bits per heavy atom. The second-order valence-electron chi connectivity index (χ2n) is 6.58. The van der Waals surface area contributed by atoms with Gasteiger partial charge in [-0.25, -0.2) is 9.69 Å². The van der Waals surface area contributed by atoms with Crippen LogP contribution >= 0.6 is 0 Å². The molecular weight excluding hydrogens is 348 g/mol. The SMILES string of the molecule is CCC(=NCC[NH+]1CCOCC1)C1C(=O)NC(=O)N(c2ccccc2)C1=O. The first-order valence-corrected chi connectivity index (χ1v) is 9.30. The highest BCUT2D eigenvalue weighted by Gasteiger charge is 2.43. The largest absolute Gasteiger partial charge is 0.370 e. The van der Waals surface area contributed by atoms with E-state index in [4.69, 9.17) is 4.74 Å². The van der Waals surface area contributed by atoms with E-state index in [0.717, 1.165) is 37.7 Å². The molecular formula is C19H25N4O4+. The van der Waals surface area contributed by atoms with Gasteiger partial charge in [0, 0.05) is 5.71 Å². The molecule has 4 amide bonds. The molecule has 0 aliphatic carbocycles. The van der Waals surface area contributed by atoms with E-state index < -0.39 is 23.8 Å². The Bertz CT molecular complexity index is 728. The number of hydrogen-bond donors (Lipinski definition) is 2. The minimum atomic E-state index is -1.06. The van der Waals surface area contributed by atoms with Gasteiger partial charge in [-0.15, -0.1) is 0 Å². The monoisotopic (exact) mass is 373 g/mol. The number of urea groups is 1. The van der Waals surface area contributed by atoms with E-state index in [0.29, 0.717) is 24.4 Å². The van der Waals surface area contributed by atoms with Gasteiger partial charge < -0.3 is 9.64 Å². The lowest BCUT2D eigenvalue weighted by molar-refractivity contribution is -0.906. The molecule has 0 radical (unpaired) electrons. The first-order valence-electron chi connectivity index (χ1n) is 9.30. The molecule has 2 aliphatic heterocycles. The summed E-state index contributed by atoms with van der Waals surface area (Å²) in [5.74, 6) is -2.21. The molecule has 8 heteroatoms. The molecule has 1 aromatic rings. The van der Waals surface area contributed by atoms with Crippen LogP contribution in [-0.4, -0.2) is 62.9 Å². The number of aliphatic imine (C=N–C) groups is 1. The number of anilines is 1. The molecule has 2 N–H and O–H groups in total. The van der Waals surface area contributed by atoms with Crippen molar-refractivity contribution in [2.75, 3.05) is 44.3 Å². The lowest BCUT2D eigenvalue weighted by atomic mass is 9.96. The van der Waals surface area contributed by atoms with Crippen molar-refractivity contribution in [1.82, 2.24) is 5.32 Å². The number of nitrogens with zero attached hydrogens (tertiary/aromatic N) is 2. The standard InChI is InChI=1S/C19H24N4O4/c1-2-15(20-8-9-22-10-12-27-13-11-22)16-17(24)21-19(26)23(18(16)25)14-6-4-3-5-7-14/h3-7,16H,2,8-13H2,1H3,(H,21,24,26)/p+1. The predicted molar refractivity (Wildman–Crippen MR) is 99.9 cm³/mol. The van der Waals surface area contributed by atoms with Crippen LogP contribution in [0.2, 0.25) is 0 Å². The number of barbiturate groups is 1. The Hall–Kier alpha value is -2.58. The highest BCUT2D eigenvalue weighted by Crippen LogP contribution is 2.21. The van der Waals surface area contributed by atoms with Crippen molar-refractivity contribution in [2.24, 2.45) is 10.9 Å². The molecule has 1 atom stereocenters. The van der Waals surface area contributed by atoms with Gasteiger partial charge >= 0.3 is 6.03 Å². The third-order valence-corrected chi connectivity index (χ3v) is 4.85. The van der Waals surface area contributed by atoms with Gasteiger partial charge in [-0.3, -0.25) is 19.9 Å². The fraction of sp³-hybridized carbons (Fsp3) is 0.474. The molecule has 0 saturated carbocycles. The number of hydrogen-bond acceptors (Lipinski definition) is 5. The lowest BCUT2D eigenvalue weighted by Gasteiger charge is -2.30. The maximum absolute atomic E-state index is 13.0. The average Bonchev–Trinajstić information content (AvgIpc) is 2.68. The number of morpholine rings is 1. The highest BCUT2D eigenvalue weighted by molar-refractivity contribution is 6.35. The molecule has 0 aromatic heterocycles. The molecule has 2 aliphatic rings. The number of amides is 4. The number of imide groups is 2. The Morgan fingerprint density at radius 2 is 1.93 bits per heavy atom. The van der Waals surface area contributed by atoms with Gasteiger partial charge in [0.1, 0.15) is 13.1 Å². The highest BCUT2D eigenvalue weighted by atomic mass is 16.5. The van der Waals surface area contributed by atoms with Crippen molar-refractivity contribution in [3.05, 3.63) is 30.3 Å². The summed E-state index contributed by atoms with van der Waals surface area (Å²) in [4.78, 5) is 44.5. The Kier molecular flexibility index (Phi) is 6.31. The quantitative estimate of drug-likeness (QED) is 0.527. The molecule has 144 valence electrons. The van der Waals surface area contributed by atoms with Crippen LogP contribution in [0, 0.1) is 5.92 Å². The van der Waals surface area contributed by atoms with E-state index in [-0.39, 0.29) is 0 Å². The van der Waals surface area contributed by atoms with Crippen molar-refractivity contribution in [2.45, 2.75) is 13.3 Å². The smallest absolute Gasteiger partial charge is 0.335 e. The molecule has 2 saturated heterocycles. The van der Waals surface area contributed by atoms with Crippen LogP contribution in [0.5, 0.6) is 0 Å². The zero-order valence-electron chi connectivity index (χ0n) is 15.4. The minimum absolute atomic E-state index is 0.436. The molecule has 1 unspecified atom stereocenters. The molecule has 0 bridgehead atoms. The first kappa shape index (κ1) is 19.2. The van der Waals surface area contributed by atoms with E-state index >= 15 is 0 Å². The fourth-order valence-corrected chi connectivity index (χ4v) is 3.37. The number of ether oxygens (including phenoxy) is 1. The zero-order valence-corrected chi connectivity index (χ0v) is 15.4. The van der Waals surface area contributed by atoms with Crippen LogP contribution in [0.1, 0.15) is 13.3 Å². The number of rotatable bonds is 6. The number of para-hydroxylation sites is 1. The lowest BCUT2D eigenvalue weighted by Crippen LogP contribution is -3.14. The Balaban J connectivity index is 1.75. The third kappa shape index (κ3) is 4.40. The zero-order chi connectivity index (χ0) is 19.2. The number of nitrogens with one attached hydrogen (secondary N) is 2.